The first kappa shape index (κ1) is 13.3. The van der Waals surface area contributed by atoms with E-state index in [2.05, 4.69) is 5.32 Å². The summed E-state index contributed by atoms with van der Waals surface area (Å²) in [4.78, 5) is 0. The van der Waals surface area contributed by atoms with Crippen LogP contribution in [-0.4, -0.2) is 30.4 Å². The van der Waals surface area contributed by atoms with Crippen molar-refractivity contribution in [2.45, 2.75) is 19.4 Å². The maximum Gasteiger partial charge on any atom is 0.119 e. The molecule has 1 rings (SSSR count). The lowest BCUT2D eigenvalue weighted by Crippen LogP contribution is -2.42. The minimum atomic E-state index is -0.865. The van der Waals surface area contributed by atoms with Crippen LogP contribution in [0.25, 0.3) is 0 Å². The Morgan fingerprint density at radius 1 is 1.38 bits per heavy atom. The minimum Gasteiger partial charge on any atom is -0.491 e. The smallest absolute Gasteiger partial charge is 0.119 e. The van der Waals surface area contributed by atoms with E-state index in [9.17, 15) is 5.11 Å². The van der Waals surface area contributed by atoms with Crippen LogP contribution in [0.2, 0.25) is 5.02 Å². The molecule has 0 aliphatic carbocycles. The Balaban J connectivity index is 2.41. The molecule has 0 amide bonds. The normalized spacial score (nSPS) is 14.5. The van der Waals surface area contributed by atoms with E-state index in [1.165, 1.54) is 0 Å². The summed E-state index contributed by atoms with van der Waals surface area (Å²) in [5.41, 5.74) is -0.865. The molecule has 0 radical (unpaired) electrons. The zero-order valence-electron chi connectivity index (χ0n) is 9.66. The van der Waals surface area contributed by atoms with Crippen molar-refractivity contribution in [1.29, 1.82) is 0 Å². The number of nitrogens with one attached hydrogen (secondary N) is 1. The van der Waals surface area contributed by atoms with E-state index in [-0.39, 0.29) is 6.61 Å². The highest BCUT2D eigenvalue weighted by atomic mass is 35.5. The van der Waals surface area contributed by atoms with E-state index >= 15 is 0 Å². The predicted molar refractivity (Wildman–Crippen MR) is 66.1 cm³/mol. The number of likely N-dealkylation sites (N-methyl/N-ethyl adjacent to an activating group) is 1. The standard InChI is InChI=1S/C12H18ClNO2/c1-3-14-8-12(2,15)9-16-11-6-4-10(13)5-7-11/h4-7,14-15H,3,8-9H2,1-2H3. The monoisotopic (exact) mass is 243 g/mol. The highest BCUT2D eigenvalue weighted by molar-refractivity contribution is 6.30. The van der Waals surface area contributed by atoms with Gasteiger partial charge >= 0.3 is 0 Å². The molecule has 0 aliphatic rings. The van der Waals surface area contributed by atoms with Crippen LogP contribution in [0.15, 0.2) is 24.3 Å². The molecule has 1 aromatic rings. The van der Waals surface area contributed by atoms with Crippen molar-refractivity contribution in [2.24, 2.45) is 0 Å². The van der Waals surface area contributed by atoms with E-state index < -0.39 is 5.60 Å². The molecule has 16 heavy (non-hydrogen) atoms. The quantitative estimate of drug-likeness (QED) is 0.804. The van der Waals surface area contributed by atoms with Gasteiger partial charge in [0.25, 0.3) is 0 Å². The van der Waals surface area contributed by atoms with Gasteiger partial charge in [0, 0.05) is 11.6 Å². The van der Waals surface area contributed by atoms with Gasteiger partial charge in [-0.2, -0.15) is 0 Å². The largest absolute Gasteiger partial charge is 0.491 e. The number of rotatable bonds is 6. The Kier molecular flexibility index (Phi) is 5.06. The zero-order valence-corrected chi connectivity index (χ0v) is 10.4. The summed E-state index contributed by atoms with van der Waals surface area (Å²) < 4.78 is 5.47. The van der Waals surface area contributed by atoms with Crippen LogP contribution in [0.5, 0.6) is 5.75 Å². The lowest BCUT2D eigenvalue weighted by Gasteiger charge is -2.23. The Hall–Kier alpha value is -0.770. The van der Waals surface area contributed by atoms with Gasteiger partial charge in [0.05, 0.1) is 0 Å². The summed E-state index contributed by atoms with van der Waals surface area (Å²) in [6.07, 6.45) is 0. The van der Waals surface area contributed by atoms with Gasteiger partial charge in [-0.05, 0) is 37.7 Å². The summed E-state index contributed by atoms with van der Waals surface area (Å²) in [5, 5.41) is 13.7. The van der Waals surface area contributed by atoms with Gasteiger partial charge in [-0.1, -0.05) is 18.5 Å². The number of benzene rings is 1. The fourth-order valence-corrected chi connectivity index (χ4v) is 1.34. The average molecular weight is 244 g/mol. The molecule has 0 saturated heterocycles. The SMILES string of the molecule is CCNCC(C)(O)COc1ccc(Cl)cc1. The fraction of sp³-hybridized carbons (Fsp3) is 0.500. The lowest BCUT2D eigenvalue weighted by atomic mass is 10.1. The highest BCUT2D eigenvalue weighted by Crippen LogP contribution is 2.16. The average Bonchev–Trinajstić information content (AvgIpc) is 2.26. The van der Waals surface area contributed by atoms with E-state index in [4.69, 9.17) is 16.3 Å². The molecule has 1 unspecified atom stereocenters. The molecule has 0 fully saturated rings. The third-order valence-electron chi connectivity index (χ3n) is 2.12. The lowest BCUT2D eigenvalue weighted by molar-refractivity contribution is 0.0127. The van der Waals surface area contributed by atoms with E-state index in [1.807, 2.05) is 6.92 Å². The van der Waals surface area contributed by atoms with Gasteiger partial charge in [-0.25, -0.2) is 0 Å². The second-order valence-corrected chi connectivity index (χ2v) is 4.46. The molecular weight excluding hydrogens is 226 g/mol. The molecule has 0 bridgehead atoms. The molecule has 4 heteroatoms. The topological polar surface area (TPSA) is 41.5 Å². The predicted octanol–water partition coefficient (Wildman–Crippen LogP) is 2.08. The first-order valence-corrected chi connectivity index (χ1v) is 5.73. The molecule has 0 saturated carbocycles. The van der Waals surface area contributed by atoms with Crippen molar-refractivity contribution in [3.8, 4) is 5.75 Å². The van der Waals surface area contributed by atoms with Crippen LogP contribution in [0.3, 0.4) is 0 Å². The van der Waals surface area contributed by atoms with Crippen molar-refractivity contribution in [3.05, 3.63) is 29.3 Å². The van der Waals surface area contributed by atoms with Gasteiger partial charge in [0.2, 0.25) is 0 Å². The summed E-state index contributed by atoms with van der Waals surface area (Å²) >= 11 is 5.76. The summed E-state index contributed by atoms with van der Waals surface area (Å²) in [7, 11) is 0. The van der Waals surface area contributed by atoms with Gasteiger partial charge in [-0.15, -0.1) is 0 Å². The molecular formula is C12H18ClNO2. The third-order valence-corrected chi connectivity index (χ3v) is 2.37. The molecule has 1 aromatic carbocycles. The first-order chi connectivity index (χ1) is 7.53. The third kappa shape index (κ3) is 4.84. The fourth-order valence-electron chi connectivity index (χ4n) is 1.21. The number of aliphatic hydroxyl groups is 1. The van der Waals surface area contributed by atoms with Crippen LogP contribution in [0.4, 0.5) is 0 Å². The Morgan fingerprint density at radius 2 is 2.00 bits per heavy atom. The van der Waals surface area contributed by atoms with Gasteiger partial charge in [-0.3, -0.25) is 0 Å². The molecule has 0 aromatic heterocycles. The molecule has 90 valence electrons. The van der Waals surface area contributed by atoms with E-state index in [0.29, 0.717) is 17.3 Å². The number of halogens is 1. The molecule has 0 spiro atoms. The van der Waals surface area contributed by atoms with Crippen LogP contribution < -0.4 is 10.1 Å². The minimum absolute atomic E-state index is 0.252. The Morgan fingerprint density at radius 3 is 2.56 bits per heavy atom. The number of ether oxygens (including phenoxy) is 1. The Labute approximate surface area is 101 Å². The molecule has 0 heterocycles. The molecule has 2 N–H and O–H groups in total. The van der Waals surface area contributed by atoms with Crippen LogP contribution in [0, 0.1) is 0 Å². The van der Waals surface area contributed by atoms with Crippen molar-refractivity contribution < 1.29 is 9.84 Å². The number of hydrogen-bond donors (Lipinski definition) is 2. The summed E-state index contributed by atoms with van der Waals surface area (Å²) in [5.74, 6) is 0.709. The van der Waals surface area contributed by atoms with Crippen molar-refractivity contribution in [3.63, 3.8) is 0 Å². The van der Waals surface area contributed by atoms with Crippen molar-refractivity contribution in [2.75, 3.05) is 19.7 Å². The number of hydrogen-bond acceptors (Lipinski definition) is 3. The highest BCUT2D eigenvalue weighted by Gasteiger charge is 2.20. The van der Waals surface area contributed by atoms with Crippen molar-refractivity contribution in [1.82, 2.24) is 5.32 Å². The first-order valence-electron chi connectivity index (χ1n) is 5.35. The maximum atomic E-state index is 9.95. The molecule has 0 aliphatic heterocycles. The van der Waals surface area contributed by atoms with E-state index in [0.717, 1.165) is 6.54 Å². The second-order valence-electron chi connectivity index (χ2n) is 4.02. The zero-order chi connectivity index (χ0) is 12.0. The summed E-state index contributed by atoms with van der Waals surface area (Å²) in [6.45, 7) is 5.33. The van der Waals surface area contributed by atoms with Crippen LogP contribution >= 0.6 is 11.6 Å². The van der Waals surface area contributed by atoms with Crippen molar-refractivity contribution >= 4 is 11.6 Å². The molecule has 1 atom stereocenters. The van der Waals surface area contributed by atoms with Crippen LogP contribution in [-0.2, 0) is 0 Å². The van der Waals surface area contributed by atoms with Crippen LogP contribution in [0.1, 0.15) is 13.8 Å². The summed E-state index contributed by atoms with van der Waals surface area (Å²) in [6, 6.07) is 7.09. The molecule has 3 nitrogen and oxygen atoms in total. The van der Waals surface area contributed by atoms with E-state index in [1.54, 1.807) is 31.2 Å². The van der Waals surface area contributed by atoms with Gasteiger partial charge < -0.3 is 15.2 Å². The van der Waals surface area contributed by atoms with Gasteiger partial charge in [0.15, 0.2) is 0 Å². The van der Waals surface area contributed by atoms with Gasteiger partial charge in [0.1, 0.15) is 18.0 Å². The maximum absolute atomic E-state index is 9.95. The Bertz CT molecular complexity index is 311. The second kappa shape index (κ2) is 6.09.